The third-order valence-corrected chi connectivity index (χ3v) is 6.62. The number of hydrogen-bond acceptors (Lipinski definition) is 6. The molecule has 0 bridgehead atoms. The summed E-state index contributed by atoms with van der Waals surface area (Å²) < 4.78 is 5.11. The minimum Gasteiger partial charge on any atom is -0.462 e. The summed E-state index contributed by atoms with van der Waals surface area (Å²) in [6.07, 6.45) is 3.86. The zero-order chi connectivity index (χ0) is 22.3. The number of guanidine groups is 1. The van der Waals surface area contributed by atoms with Crippen molar-refractivity contribution in [2.75, 3.05) is 33.8 Å². The highest BCUT2D eigenvalue weighted by molar-refractivity contribution is 7.13. The van der Waals surface area contributed by atoms with Gasteiger partial charge in [-0.2, -0.15) is 0 Å². The number of aryl methyl sites for hydroxylation is 1. The molecule has 8 nitrogen and oxygen atoms in total. The van der Waals surface area contributed by atoms with Gasteiger partial charge in [-0.25, -0.2) is 9.78 Å². The first-order chi connectivity index (χ1) is 14.2. The second kappa shape index (κ2) is 10.7. The number of ether oxygens (including phenoxy) is 1. The fourth-order valence-corrected chi connectivity index (χ4v) is 4.73. The fraction of sp³-hybridized carbons (Fsp3) is 0.714. The van der Waals surface area contributed by atoms with E-state index in [2.05, 4.69) is 15.6 Å². The number of rotatable bonds is 8. The molecule has 1 fully saturated rings. The summed E-state index contributed by atoms with van der Waals surface area (Å²) in [4.78, 5) is 36.4. The van der Waals surface area contributed by atoms with Gasteiger partial charge in [-0.05, 0) is 40.5 Å². The van der Waals surface area contributed by atoms with Gasteiger partial charge in [0.05, 0.1) is 30.3 Å². The van der Waals surface area contributed by atoms with Crippen LogP contribution in [0.1, 0.15) is 72.9 Å². The lowest BCUT2D eigenvalue weighted by atomic mass is 9.85. The van der Waals surface area contributed by atoms with Crippen molar-refractivity contribution in [3.05, 3.63) is 15.6 Å². The van der Waals surface area contributed by atoms with Gasteiger partial charge in [-0.3, -0.25) is 9.79 Å². The Morgan fingerprint density at radius 1 is 1.30 bits per heavy atom. The first-order valence-electron chi connectivity index (χ1n) is 10.6. The number of aromatic nitrogens is 1. The molecular formula is C21H35N5O3S. The number of carbonyl (C=O) groups is 2. The SMILES string of the molecule is CCNC(=NCC1(C(=O)N(C)C)CCCC1)NC(C)c1nc(C)c(C(=O)OCC)s1. The fourth-order valence-electron chi connectivity index (χ4n) is 3.77. The van der Waals surface area contributed by atoms with Crippen molar-refractivity contribution in [3.8, 4) is 0 Å². The van der Waals surface area contributed by atoms with Gasteiger partial charge < -0.3 is 20.3 Å². The average Bonchev–Trinajstić information content (AvgIpc) is 3.33. The van der Waals surface area contributed by atoms with E-state index in [9.17, 15) is 9.59 Å². The summed E-state index contributed by atoms with van der Waals surface area (Å²) in [5.74, 6) is 0.465. The van der Waals surface area contributed by atoms with Gasteiger partial charge in [-0.15, -0.1) is 11.3 Å². The van der Waals surface area contributed by atoms with E-state index in [-0.39, 0.29) is 17.9 Å². The molecule has 1 unspecified atom stereocenters. The average molecular weight is 438 g/mol. The summed E-state index contributed by atoms with van der Waals surface area (Å²) in [7, 11) is 3.62. The first-order valence-corrected chi connectivity index (χ1v) is 11.5. The van der Waals surface area contributed by atoms with Crippen LogP contribution in [-0.2, 0) is 9.53 Å². The number of nitrogens with zero attached hydrogens (tertiary/aromatic N) is 3. The first kappa shape index (κ1) is 24.1. The smallest absolute Gasteiger partial charge is 0.350 e. The molecule has 0 spiro atoms. The normalized spacial score (nSPS) is 16.8. The van der Waals surface area contributed by atoms with Gasteiger partial charge in [0.1, 0.15) is 9.88 Å². The Labute approximate surface area is 183 Å². The molecule has 1 aromatic rings. The molecule has 1 heterocycles. The summed E-state index contributed by atoms with van der Waals surface area (Å²) in [6, 6.07) is -0.140. The molecule has 9 heteroatoms. The van der Waals surface area contributed by atoms with E-state index in [1.165, 1.54) is 11.3 Å². The quantitative estimate of drug-likeness (QED) is 0.369. The zero-order valence-corrected chi connectivity index (χ0v) is 19.8. The molecule has 1 aromatic heterocycles. The lowest BCUT2D eigenvalue weighted by Crippen LogP contribution is -2.43. The summed E-state index contributed by atoms with van der Waals surface area (Å²) in [6.45, 7) is 9.09. The van der Waals surface area contributed by atoms with Gasteiger partial charge >= 0.3 is 5.97 Å². The topological polar surface area (TPSA) is 95.9 Å². The maximum atomic E-state index is 12.8. The summed E-state index contributed by atoms with van der Waals surface area (Å²) in [5.41, 5.74) is 0.259. The standard InChI is InChI=1S/C21H35N5O3S/c1-7-22-20(23-13-21(11-9-10-12-21)19(28)26(5)6)25-15(4)17-24-14(3)16(30-17)18(27)29-8-2/h15H,7-13H2,1-6H3,(H2,22,23,25). The Balaban J connectivity index is 2.15. The van der Waals surface area contributed by atoms with Crippen LogP contribution >= 0.6 is 11.3 Å². The lowest BCUT2D eigenvalue weighted by molar-refractivity contribution is -0.138. The summed E-state index contributed by atoms with van der Waals surface area (Å²) >= 11 is 1.34. The van der Waals surface area contributed by atoms with E-state index in [0.717, 1.165) is 30.7 Å². The molecule has 1 amide bonds. The van der Waals surface area contributed by atoms with Gasteiger partial charge in [-0.1, -0.05) is 12.8 Å². The Morgan fingerprint density at radius 2 is 1.97 bits per heavy atom. The van der Waals surface area contributed by atoms with E-state index in [1.807, 2.05) is 34.9 Å². The van der Waals surface area contributed by atoms with E-state index in [1.54, 1.807) is 11.8 Å². The molecule has 1 atom stereocenters. The number of nitrogens with one attached hydrogen (secondary N) is 2. The Hall–Kier alpha value is -2.16. The van der Waals surface area contributed by atoms with Gasteiger partial charge in [0.2, 0.25) is 5.91 Å². The molecule has 30 heavy (non-hydrogen) atoms. The minimum atomic E-state index is -0.413. The highest BCUT2D eigenvalue weighted by atomic mass is 32.1. The van der Waals surface area contributed by atoms with Crippen LogP contribution < -0.4 is 10.6 Å². The van der Waals surface area contributed by atoms with E-state index in [0.29, 0.717) is 36.2 Å². The molecule has 2 rings (SSSR count). The van der Waals surface area contributed by atoms with Crippen molar-refractivity contribution in [1.29, 1.82) is 0 Å². The molecule has 0 saturated heterocycles. The van der Waals surface area contributed by atoms with Crippen LogP contribution in [0.25, 0.3) is 0 Å². The van der Waals surface area contributed by atoms with E-state index in [4.69, 9.17) is 9.73 Å². The molecule has 1 saturated carbocycles. The number of amides is 1. The molecule has 1 aliphatic rings. The third-order valence-electron chi connectivity index (χ3n) is 5.30. The Bertz CT molecular complexity index is 769. The van der Waals surface area contributed by atoms with Crippen molar-refractivity contribution in [2.45, 2.75) is 59.4 Å². The highest BCUT2D eigenvalue weighted by Gasteiger charge is 2.42. The van der Waals surface area contributed by atoms with Crippen molar-refractivity contribution < 1.29 is 14.3 Å². The Kier molecular flexibility index (Phi) is 8.64. The molecule has 0 aromatic carbocycles. The predicted molar refractivity (Wildman–Crippen MR) is 120 cm³/mol. The molecule has 0 aliphatic heterocycles. The van der Waals surface area contributed by atoms with E-state index >= 15 is 0 Å². The number of esters is 1. The molecule has 1 aliphatic carbocycles. The van der Waals surface area contributed by atoms with Gasteiger partial charge in [0, 0.05) is 20.6 Å². The number of hydrogen-bond donors (Lipinski definition) is 2. The van der Waals surface area contributed by atoms with Crippen LogP contribution in [0.5, 0.6) is 0 Å². The van der Waals surface area contributed by atoms with Crippen LogP contribution in [0.2, 0.25) is 0 Å². The molecule has 2 N–H and O–H groups in total. The number of thiazole rings is 1. The maximum Gasteiger partial charge on any atom is 0.350 e. The third kappa shape index (κ3) is 5.71. The number of carbonyl (C=O) groups excluding carboxylic acids is 2. The molecule has 0 radical (unpaired) electrons. The van der Waals surface area contributed by atoms with Gasteiger partial charge in [0.25, 0.3) is 0 Å². The highest BCUT2D eigenvalue weighted by Crippen LogP contribution is 2.39. The van der Waals surface area contributed by atoms with Crippen LogP contribution in [-0.4, -0.2) is 61.5 Å². The van der Waals surface area contributed by atoms with Crippen LogP contribution in [0.3, 0.4) is 0 Å². The second-order valence-electron chi connectivity index (χ2n) is 7.94. The van der Waals surface area contributed by atoms with Gasteiger partial charge in [0.15, 0.2) is 5.96 Å². The van der Waals surface area contributed by atoms with Crippen LogP contribution in [0.15, 0.2) is 4.99 Å². The zero-order valence-electron chi connectivity index (χ0n) is 19.0. The minimum absolute atomic E-state index is 0.140. The maximum absolute atomic E-state index is 12.8. The van der Waals surface area contributed by atoms with Crippen molar-refractivity contribution in [2.24, 2.45) is 10.4 Å². The van der Waals surface area contributed by atoms with Crippen molar-refractivity contribution in [3.63, 3.8) is 0 Å². The largest absolute Gasteiger partial charge is 0.462 e. The van der Waals surface area contributed by atoms with E-state index < -0.39 is 5.41 Å². The molecule has 168 valence electrons. The second-order valence-corrected chi connectivity index (χ2v) is 8.97. The lowest BCUT2D eigenvalue weighted by Gasteiger charge is -2.29. The van der Waals surface area contributed by atoms with Crippen molar-refractivity contribution in [1.82, 2.24) is 20.5 Å². The monoisotopic (exact) mass is 437 g/mol. The van der Waals surface area contributed by atoms with Crippen LogP contribution in [0.4, 0.5) is 0 Å². The molecular weight excluding hydrogens is 402 g/mol. The van der Waals surface area contributed by atoms with Crippen LogP contribution in [0, 0.1) is 12.3 Å². The van der Waals surface area contributed by atoms with Crippen molar-refractivity contribution >= 4 is 29.2 Å². The predicted octanol–water partition coefficient (Wildman–Crippen LogP) is 2.89. The number of aliphatic imine (C=N–C) groups is 1. The Morgan fingerprint density at radius 3 is 2.53 bits per heavy atom. The summed E-state index contributed by atoms with van der Waals surface area (Å²) in [5, 5.41) is 7.41.